The molecule has 0 saturated carbocycles. The zero-order valence-corrected chi connectivity index (χ0v) is 16.0. The Labute approximate surface area is 158 Å². The van der Waals surface area contributed by atoms with Gasteiger partial charge in [0.05, 0.1) is 10.7 Å². The van der Waals surface area contributed by atoms with Crippen molar-refractivity contribution in [2.45, 2.75) is 26.7 Å². The van der Waals surface area contributed by atoms with E-state index in [4.69, 9.17) is 23.2 Å². The number of halogens is 2. The van der Waals surface area contributed by atoms with Gasteiger partial charge in [0.15, 0.2) is 0 Å². The monoisotopic (exact) mass is 376 g/mol. The summed E-state index contributed by atoms with van der Waals surface area (Å²) in [7, 11) is 0. The number of hydrogen-bond acceptors (Lipinski definition) is 2. The minimum Gasteiger partial charge on any atom is -0.370 e. The van der Waals surface area contributed by atoms with Crippen LogP contribution in [-0.2, 0) is 0 Å². The van der Waals surface area contributed by atoms with Gasteiger partial charge in [-0.05, 0) is 61.6 Å². The average molecular weight is 377 g/mol. The standard InChI is InChI=1S/C20H22Cl2N2O/c1-13-7-9-24(10-8-13)19-6-5-16(12-18(19)22)23-20(25)15-4-3-14(2)17(21)11-15/h3-6,11-13H,7-10H2,1-2H3,(H,23,25). The largest absolute Gasteiger partial charge is 0.370 e. The van der Waals surface area contributed by atoms with Crippen molar-refractivity contribution in [1.82, 2.24) is 0 Å². The number of piperidine rings is 1. The summed E-state index contributed by atoms with van der Waals surface area (Å²) in [4.78, 5) is 14.7. The molecule has 0 aromatic heterocycles. The van der Waals surface area contributed by atoms with Crippen molar-refractivity contribution < 1.29 is 4.79 Å². The number of rotatable bonds is 3. The second-order valence-electron chi connectivity index (χ2n) is 6.75. The van der Waals surface area contributed by atoms with Crippen LogP contribution in [0.1, 0.15) is 35.7 Å². The predicted molar refractivity (Wildman–Crippen MR) is 106 cm³/mol. The van der Waals surface area contributed by atoms with Crippen LogP contribution in [0.5, 0.6) is 0 Å². The van der Waals surface area contributed by atoms with Gasteiger partial charge in [-0.3, -0.25) is 4.79 Å². The van der Waals surface area contributed by atoms with Crippen LogP contribution in [0.2, 0.25) is 10.0 Å². The molecule has 3 rings (SSSR count). The number of amides is 1. The molecule has 3 nitrogen and oxygen atoms in total. The van der Waals surface area contributed by atoms with Crippen molar-refractivity contribution in [2.24, 2.45) is 5.92 Å². The van der Waals surface area contributed by atoms with Crippen LogP contribution < -0.4 is 10.2 Å². The maximum Gasteiger partial charge on any atom is 0.255 e. The van der Waals surface area contributed by atoms with Gasteiger partial charge in [0, 0.05) is 29.4 Å². The Kier molecular flexibility index (Phi) is 5.55. The summed E-state index contributed by atoms with van der Waals surface area (Å²) in [6.07, 6.45) is 2.37. The molecule has 1 aliphatic rings. The lowest BCUT2D eigenvalue weighted by Gasteiger charge is -2.32. The normalized spacial score (nSPS) is 15.3. The molecule has 2 aromatic carbocycles. The van der Waals surface area contributed by atoms with E-state index in [1.807, 2.05) is 31.2 Å². The molecule has 1 fully saturated rings. The molecule has 1 amide bonds. The maximum atomic E-state index is 12.4. The number of hydrogen-bond donors (Lipinski definition) is 1. The van der Waals surface area contributed by atoms with E-state index in [-0.39, 0.29) is 5.91 Å². The summed E-state index contributed by atoms with van der Waals surface area (Å²) in [5.74, 6) is 0.576. The number of aryl methyl sites for hydroxylation is 1. The van der Waals surface area contributed by atoms with Gasteiger partial charge < -0.3 is 10.2 Å². The van der Waals surface area contributed by atoms with Crippen molar-refractivity contribution in [3.05, 3.63) is 57.6 Å². The fraction of sp³-hybridized carbons (Fsp3) is 0.350. The third-order valence-electron chi connectivity index (χ3n) is 4.76. The van der Waals surface area contributed by atoms with Crippen molar-refractivity contribution in [3.8, 4) is 0 Å². The molecular weight excluding hydrogens is 355 g/mol. The van der Waals surface area contributed by atoms with Crippen LogP contribution in [0.4, 0.5) is 11.4 Å². The lowest BCUT2D eigenvalue weighted by Crippen LogP contribution is -2.32. The van der Waals surface area contributed by atoms with Gasteiger partial charge in [0.2, 0.25) is 0 Å². The minimum atomic E-state index is -0.197. The molecule has 0 unspecified atom stereocenters. The van der Waals surface area contributed by atoms with E-state index in [1.165, 1.54) is 12.8 Å². The average Bonchev–Trinajstić information content (AvgIpc) is 2.58. The molecule has 0 atom stereocenters. The lowest BCUT2D eigenvalue weighted by molar-refractivity contribution is 0.102. The first-order valence-corrected chi connectivity index (χ1v) is 9.31. The molecule has 1 aliphatic heterocycles. The first-order chi connectivity index (χ1) is 11.9. The molecule has 25 heavy (non-hydrogen) atoms. The van der Waals surface area contributed by atoms with Gasteiger partial charge in [-0.1, -0.05) is 36.2 Å². The highest BCUT2D eigenvalue weighted by Crippen LogP contribution is 2.32. The highest BCUT2D eigenvalue weighted by molar-refractivity contribution is 6.33. The topological polar surface area (TPSA) is 32.3 Å². The summed E-state index contributed by atoms with van der Waals surface area (Å²) < 4.78 is 0. The van der Waals surface area contributed by atoms with Gasteiger partial charge in [-0.15, -0.1) is 0 Å². The molecule has 0 bridgehead atoms. The van der Waals surface area contributed by atoms with Gasteiger partial charge in [-0.25, -0.2) is 0 Å². The Morgan fingerprint density at radius 3 is 2.44 bits per heavy atom. The molecule has 0 aliphatic carbocycles. The molecule has 1 heterocycles. The minimum absolute atomic E-state index is 0.197. The number of carbonyl (C=O) groups excluding carboxylic acids is 1. The summed E-state index contributed by atoms with van der Waals surface area (Å²) >= 11 is 12.6. The molecule has 1 N–H and O–H groups in total. The van der Waals surface area contributed by atoms with Crippen molar-refractivity contribution in [3.63, 3.8) is 0 Å². The summed E-state index contributed by atoms with van der Waals surface area (Å²) in [5.41, 5.74) is 3.19. The van der Waals surface area contributed by atoms with E-state index in [0.717, 1.165) is 30.3 Å². The fourth-order valence-corrected chi connectivity index (χ4v) is 3.51. The third kappa shape index (κ3) is 4.28. The van der Waals surface area contributed by atoms with Crippen LogP contribution >= 0.6 is 23.2 Å². The van der Waals surface area contributed by atoms with Crippen molar-refractivity contribution >= 4 is 40.5 Å². The Morgan fingerprint density at radius 2 is 1.80 bits per heavy atom. The summed E-state index contributed by atoms with van der Waals surface area (Å²) in [6.45, 7) is 6.24. The molecule has 0 radical (unpaired) electrons. The number of nitrogens with one attached hydrogen (secondary N) is 1. The zero-order chi connectivity index (χ0) is 18.0. The molecule has 132 valence electrons. The number of anilines is 2. The highest BCUT2D eigenvalue weighted by Gasteiger charge is 2.18. The molecule has 5 heteroatoms. The third-order valence-corrected chi connectivity index (χ3v) is 5.47. The van der Waals surface area contributed by atoms with Crippen LogP contribution in [0.15, 0.2) is 36.4 Å². The molecule has 2 aromatic rings. The van der Waals surface area contributed by atoms with Crippen LogP contribution in [0.25, 0.3) is 0 Å². The predicted octanol–water partition coefficient (Wildman–Crippen LogP) is 5.79. The van der Waals surface area contributed by atoms with Gasteiger partial charge in [-0.2, -0.15) is 0 Å². The second-order valence-corrected chi connectivity index (χ2v) is 7.57. The lowest BCUT2D eigenvalue weighted by atomic mass is 9.99. The van der Waals surface area contributed by atoms with Crippen molar-refractivity contribution in [2.75, 3.05) is 23.3 Å². The molecule has 1 saturated heterocycles. The fourth-order valence-electron chi connectivity index (χ4n) is 3.03. The Morgan fingerprint density at radius 1 is 1.08 bits per heavy atom. The van der Waals surface area contributed by atoms with Crippen LogP contribution in [0, 0.1) is 12.8 Å². The van der Waals surface area contributed by atoms with Gasteiger partial charge in [0.25, 0.3) is 5.91 Å². The Balaban J connectivity index is 1.72. The quantitative estimate of drug-likeness (QED) is 0.734. The number of benzene rings is 2. The SMILES string of the molecule is Cc1ccc(C(=O)Nc2ccc(N3CCC(C)CC3)c(Cl)c2)cc1Cl. The molecular formula is C20H22Cl2N2O. The smallest absolute Gasteiger partial charge is 0.255 e. The first-order valence-electron chi connectivity index (χ1n) is 8.56. The van der Waals surface area contributed by atoms with E-state index in [1.54, 1.807) is 12.1 Å². The second kappa shape index (κ2) is 7.67. The van der Waals surface area contributed by atoms with Gasteiger partial charge in [0.1, 0.15) is 0 Å². The Hall–Kier alpha value is -1.71. The van der Waals surface area contributed by atoms with E-state index < -0.39 is 0 Å². The highest BCUT2D eigenvalue weighted by atomic mass is 35.5. The Bertz CT molecular complexity index is 783. The first kappa shape index (κ1) is 18.1. The van der Waals surface area contributed by atoms with Crippen LogP contribution in [0.3, 0.4) is 0 Å². The number of nitrogens with zero attached hydrogens (tertiary/aromatic N) is 1. The van der Waals surface area contributed by atoms with E-state index in [2.05, 4.69) is 17.1 Å². The van der Waals surface area contributed by atoms with E-state index >= 15 is 0 Å². The maximum absolute atomic E-state index is 12.4. The summed E-state index contributed by atoms with van der Waals surface area (Å²) in [5, 5.41) is 4.13. The van der Waals surface area contributed by atoms with E-state index in [0.29, 0.717) is 21.3 Å². The number of carbonyl (C=O) groups is 1. The van der Waals surface area contributed by atoms with Gasteiger partial charge >= 0.3 is 0 Å². The van der Waals surface area contributed by atoms with Crippen molar-refractivity contribution in [1.29, 1.82) is 0 Å². The molecule has 0 spiro atoms. The summed E-state index contributed by atoms with van der Waals surface area (Å²) in [6, 6.07) is 11.0. The van der Waals surface area contributed by atoms with Crippen LogP contribution in [-0.4, -0.2) is 19.0 Å². The van der Waals surface area contributed by atoms with E-state index in [9.17, 15) is 4.79 Å². The zero-order valence-electron chi connectivity index (χ0n) is 14.5.